The Kier molecular flexibility index (Phi) is 5.28. The van der Waals surface area contributed by atoms with E-state index in [-0.39, 0.29) is 5.69 Å². The summed E-state index contributed by atoms with van der Waals surface area (Å²) in [6, 6.07) is 7.99. The van der Waals surface area contributed by atoms with E-state index in [1.165, 1.54) is 6.92 Å². The number of carbonyl (C=O) groups excluding carboxylic acids is 2. The molecule has 0 aliphatic rings. The molecule has 0 saturated carbocycles. The molecule has 126 valence electrons. The fourth-order valence-corrected chi connectivity index (χ4v) is 2.06. The molecular formula is C18H17F2NO3. The number of ether oxygens (including phenoxy) is 1. The Balaban J connectivity index is 2.07. The van der Waals surface area contributed by atoms with Crippen molar-refractivity contribution in [1.29, 1.82) is 0 Å². The summed E-state index contributed by atoms with van der Waals surface area (Å²) in [6.45, 7) is 4.94. The van der Waals surface area contributed by atoms with Gasteiger partial charge in [0.15, 0.2) is 6.10 Å². The number of carbonyl (C=O) groups is 2. The number of rotatable bonds is 4. The Bertz CT molecular complexity index is 790. The van der Waals surface area contributed by atoms with Gasteiger partial charge in [0, 0.05) is 6.07 Å². The summed E-state index contributed by atoms with van der Waals surface area (Å²) in [6.07, 6.45) is -1.17. The highest BCUT2D eigenvalue weighted by molar-refractivity contribution is 5.97. The first-order chi connectivity index (χ1) is 11.3. The highest BCUT2D eigenvalue weighted by Crippen LogP contribution is 2.17. The van der Waals surface area contributed by atoms with Gasteiger partial charge < -0.3 is 10.1 Å². The van der Waals surface area contributed by atoms with Gasteiger partial charge in [-0.3, -0.25) is 4.79 Å². The van der Waals surface area contributed by atoms with E-state index in [2.05, 4.69) is 5.32 Å². The molecule has 1 N–H and O–H groups in total. The zero-order valence-corrected chi connectivity index (χ0v) is 13.5. The molecule has 0 heterocycles. The van der Waals surface area contributed by atoms with E-state index in [0.29, 0.717) is 5.56 Å². The first-order valence-electron chi connectivity index (χ1n) is 7.32. The standard InChI is InChI=1S/C18H17F2NO3/c1-10-4-5-11(2)14(8-10)18(23)24-12(3)17(22)21-16-9-13(19)6-7-15(16)20/h4-9,12H,1-3H3,(H,21,22). The quantitative estimate of drug-likeness (QED) is 0.867. The van der Waals surface area contributed by atoms with Gasteiger partial charge >= 0.3 is 5.97 Å². The van der Waals surface area contributed by atoms with Gasteiger partial charge in [0.25, 0.3) is 5.91 Å². The molecule has 0 fully saturated rings. The van der Waals surface area contributed by atoms with Crippen molar-refractivity contribution in [3.63, 3.8) is 0 Å². The van der Waals surface area contributed by atoms with Crippen LogP contribution in [0.25, 0.3) is 0 Å². The number of aryl methyl sites for hydroxylation is 2. The van der Waals surface area contributed by atoms with Crippen LogP contribution in [0.5, 0.6) is 0 Å². The van der Waals surface area contributed by atoms with Crippen molar-refractivity contribution in [3.8, 4) is 0 Å². The van der Waals surface area contributed by atoms with E-state index < -0.39 is 29.6 Å². The third kappa shape index (κ3) is 4.16. The molecule has 1 atom stereocenters. The molecule has 0 radical (unpaired) electrons. The number of amides is 1. The average molecular weight is 333 g/mol. The molecule has 0 bridgehead atoms. The van der Waals surface area contributed by atoms with Crippen LogP contribution < -0.4 is 5.32 Å². The summed E-state index contributed by atoms with van der Waals surface area (Å²) in [5, 5.41) is 2.20. The van der Waals surface area contributed by atoms with Crippen LogP contribution >= 0.6 is 0 Å². The fraction of sp³-hybridized carbons (Fsp3) is 0.222. The first kappa shape index (κ1) is 17.6. The second kappa shape index (κ2) is 7.21. The smallest absolute Gasteiger partial charge is 0.339 e. The molecular weight excluding hydrogens is 316 g/mol. The number of hydrogen-bond acceptors (Lipinski definition) is 3. The molecule has 2 aromatic carbocycles. The lowest BCUT2D eigenvalue weighted by atomic mass is 10.1. The van der Waals surface area contributed by atoms with E-state index >= 15 is 0 Å². The van der Waals surface area contributed by atoms with Crippen molar-refractivity contribution >= 4 is 17.6 Å². The minimum Gasteiger partial charge on any atom is -0.449 e. The Morgan fingerprint density at radius 1 is 1.08 bits per heavy atom. The maximum absolute atomic E-state index is 13.5. The normalized spacial score (nSPS) is 11.7. The second-order valence-corrected chi connectivity index (χ2v) is 5.48. The van der Waals surface area contributed by atoms with Crippen LogP contribution in [0.1, 0.15) is 28.4 Å². The van der Waals surface area contributed by atoms with Crippen LogP contribution in [0.2, 0.25) is 0 Å². The number of anilines is 1. The Morgan fingerprint density at radius 2 is 1.79 bits per heavy atom. The van der Waals surface area contributed by atoms with Gasteiger partial charge in [-0.05, 0) is 44.5 Å². The van der Waals surface area contributed by atoms with E-state index in [0.717, 1.165) is 29.3 Å². The van der Waals surface area contributed by atoms with E-state index in [1.807, 2.05) is 13.0 Å². The number of hydrogen-bond donors (Lipinski definition) is 1. The van der Waals surface area contributed by atoms with Crippen molar-refractivity contribution in [1.82, 2.24) is 0 Å². The Hall–Kier alpha value is -2.76. The molecule has 1 amide bonds. The SMILES string of the molecule is Cc1ccc(C)c(C(=O)OC(C)C(=O)Nc2cc(F)ccc2F)c1. The molecule has 4 nitrogen and oxygen atoms in total. The fourth-order valence-electron chi connectivity index (χ4n) is 2.06. The van der Waals surface area contributed by atoms with Crippen molar-refractivity contribution in [3.05, 3.63) is 64.7 Å². The molecule has 0 saturated heterocycles. The van der Waals surface area contributed by atoms with Gasteiger partial charge in [0.05, 0.1) is 11.3 Å². The molecule has 0 spiro atoms. The van der Waals surface area contributed by atoms with Gasteiger partial charge in [0.1, 0.15) is 11.6 Å². The summed E-state index contributed by atoms with van der Waals surface area (Å²) in [4.78, 5) is 24.2. The van der Waals surface area contributed by atoms with Gasteiger partial charge in [-0.15, -0.1) is 0 Å². The molecule has 24 heavy (non-hydrogen) atoms. The molecule has 2 rings (SSSR count). The summed E-state index contributed by atoms with van der Waals surface area (Å²) >= 11 is 0. The lowest BCUT2D eigenvalue weighted by Crippen LogP contribution is -2.30. The molecule has 6 heteroatoms. The lowest BCUT2D eigenvalue weighted by Gasteiger charge is -2.15. The summed E-state index contributed by atoms with van der Waals surface area (Å²) < 4.78 is 31.7. The molecule has 0 aliphatic carbocycles. The van der Waals surface area contributed by atoms with Gasteiger partial charge in [-0.1, -0.05) is 17.7 Å². The number of nitrogens with one attached hydrogen (secondary N) is 1. The predicted octanol–water partition coefficient (Wildman–Crippen LogP) is 3.77. The van der Waals surface area contributed by atoms with Crippen LogP contribution in [-0.2, 0) is 9.53 Å². The minimum atomic E-state index is -1.17. The van der Waals surface area contributed by atoms with E-state index in [9.17, 15) is 18.4 Å². The molecule has 0 aliphatic heterocycles. The van der Waals surface area contributed by atoms with Crippen LogP contribution in [-0.4, -0.2) is 18.0 Å². The number of benzene rings is 2. The Labute approximate surface area is 138 Å². The zero-order chi connectivity index (χ0) is 17.9. The predicted molar refractivity (Wildman–Crippen MR) is 85.8 cm³/mol. The van der Waals surface area contributed by atoms with Crippen LogP contribution in [0.3, 0.4) is 0 Å². The second-order valence-electron chi connectivity index (χ2n) is 5.48. The molecule has 2 aromatic rings. The van der Waals surface area contributed by atoms with Gasteiger partial charge in [-0.2, -0.15) is 0 Å². The van der Waals surface area contributed by atoms with Crippen molar-refractivity contribution in [2.45, 2.75) is 26.9 Å². The summed E-state index contributed by atoms with van der Waals surface area (Å²) in [5.41, 5.74) is 1.64. The monoisotopic (exact) mass is 333 g/mol. The lowest BCUT2D eigenvalue weighted by molar-refractivity contribution is -0.123. The Morgan fingerprint density at radius 3 is 2.50 bits per heavy atom. The number of halogens is 2. The highest BCUT2D eigenvalue weighted by Gasteiger charge is 2.21. The van der Waals surface area contributed by atoms with Gasteiger partial charge in [0.2, 0.25) is 0 Å². The van der Waals surface area contributed by atoms with Crippen molar-refractivity contribution in [2.75, 3.05) is 5.32 Å². The first-order valence-corrected chi connectivity index (χ1v) is 7.32. The minimum absolute atomic E-state index is 0.311. The largest absolute Gasteiger partial charge is 0.449 e. The van der Waals surface area contributed by atoms with Gasteiger partial charge in [-0.25, -0.2) is 13.6 Å². The zero-order valence-electron chi connectivity index (χ0n) is 13.5. The molecule has 0 aromatic heterocycles. The third-order valence-electron chi connectivity index (χ3n) is 3.45. The molecule has 1 unspecified atom stereocenters. The maximum Gasteiger partial charge on any atom is 0.339 e. The topological polar surface area (TPSA) is 55.4 Å². The average Bonchev–Trinajstić information content (AvgIpc) is 2.53. The van der Waals surface area contributed by atoms with E-state index in [4.69, 9.17) is 4.74 Å². The van der Waals surface area contributed by atoms with Crippen LogP contribution in [0, 0.1) is 25.5 Å². The maximum atomic E-state index is 13.5. The van der Waals surface area contributed by atoms with E-state index in [1.54, 1.807) is 19.1 Å². The third-order valence-corrected chi connectivity index (χ3v) is 3.45. The van der Waals surface area contributed by atoms with Crippen molar-refractivity contribution in [2.24, 2.45) is 0 Å². The summed E-state index contributed by atoms with van der Waals surface area (Å²) in [7, 11) is 0. The summed E-state index contributed by atoms with van der Waals surface area (Å²) in [5.74, 6) is -2.87. The van der Waals surface area contributed by atoms with Crippen LogP contribution in [0.15, 0.2) is 36.4 Å². The highest BCUT2D eigenvalue weighted by atomic mass is 19.1. The van der Waals surface area contributed by atoms with Crippen molar-refractivity contribution < 1.29 is 23.1 Å². The van der Waals surface area contributed by atoms with Crippen LogP contribution in [0.4, 0.5) is 14.5 Å². The number of esters is 1.